The van der Waals surface area contributed by atoms with Crippen LogP contribution in [0, 0.1) is 16.0 Å². The molecule has 17 heavy (non-hydrogen) atoms. The predicted octanol–water partition coefficient (Wildman–Crippen LogP) is 1.97. The van der Waals surface area contributed by atoms with Crippen LogP contribution in [0.2, 0.25) is 0 Å². The van der Waals surface area contributed by atoms with E-state index in [9.17, 15) is 14.9 Å². The highest BCUT2D eigenvalue weighted by Crippen LogP contribution is 2.12. The van der Waals surface area contributed by atoms with E-state index in [1.54, 1.807) is 6.21 Å². The van der Waals surface area contributed by atoms with E-state index >= 15 is 0 Å². The fraction of sp³-hybridized carbons (Fsp3) is 0.273. The Hall–Kier alpha value is -2.24. The molecule has 0 saturated heterocycles. The van der Waals surface area contributed by atoms with Crippen molar-refractivity contribution in [1.82, 2.24) is 5.43 Å². The zero-order valence-corrected chi connectivity index (χ0v) is 9.58. The molecule has 1 N–H and O–H groups in total. The molecule has 1 rings (SSSR count). The predicted molar refractivity (Wildman–Crippen MR) is 63.9 cm³/mol. The second kappa shape index (κ2) is 5.74. The highest BCUT2D eigenvalue weighted by atomic mass is 16.6. The first-order chi connectivity index (χ1) is 8.00. The number of amides is 1. The van der Waals surface area contributed by atoms with Gasteiger partial charge < -0.3 is 0 Å². The number of carbonyl (C=O) groups excluding carboxylic acids is 1. The van der Waals surface area contributed by atoms with Gasteiger partial charge >= 0.3 is 0 Å². The summed E-state index contributed by atoms with van der Waals surface area (Å²) in [7, 11) is 0. The van der Waals surface area contributed by atoms with Gasteiger partial charge in [0.1, 0.15) is 0 Å². The lowest BCUT2D eigenvalue weighted by Gasteiger charge is -2.00. The van der Waals surface area contributed by atoms with Crippen molar-refractivity contribution in [3.63, 3.8) is 0 Å². The second-order valence-electron chi connectivity index (χ2n) is 3.77. The summed E-state index contributed by atoms with van der Waals surface area (Å²) in [5, 5.41) is 14.3. The Kier molecular flexibility index (Phi) is 4.33. The molecule has 1 aromatic carbocycles. The third-order valence-corrected chi connectivity index (χ3v) is 1.86. The summed E-state index contributed by atoms with van der Waals surface area (Å²) < 4.78 is 0. The van der Waals surface area contributed by atoms with E-state index in [0.717, 1.165) is 0 Å². The third-order valence-electron chi connectivity index (χ3n) is 1.86. The molecule has 0 heterocycles. The number of hydrogen-bond donors (Lipinski definition) is 1. The van der Waals surface area contributed by atoms with Crippen LogP contribution in [0.1, 0.15) is 24.2 Å². The first-order valence-electron chi connectivity index (χ1n) is 5.08. The van der Waals surface area contributed by atoms with Gasteiger partial charge in [-0.15, -0.1) is 0 Å². The lowest BCUT2D eigenvalue weighted by Crippen LogP contribution is -2.18. The van der Waals surface area contributed by atoms with E-state index in [2.05, 4.69) is 10.5 Å². The quantitative estimate of drug-likeness (QED) is 0.491. The Balaban J connectivity index is 2.75. The maximum Gasteiger partial charge on any atom is 0.271 e. The molecule has 0 aliphatic rings. The molecule has 6 nitrogen and oxygen atoms in total. The number of rotatable bonds is 4. The van der Waals surface area contributed by atoms with Crippen molar-refractivity contribution < 1.29 is 9.72 Å². The highest BCUT2D eigenvalue weighted by molar-refractivity contribution is 5.94. The number of nitrogens with one attached hydrogen (secondary N) is 1. The van der Waals surface area contributed by atoms with Gasteiger partial charge in [0, 0.05) is 23.9 Å². The van der Waals surface area contributed by atoms with Gasteiger partial charge in [-0.25, -0.2) is 5.43 Å². The first-order valence-corrected chi connectivity index (χ1v) is 5.08. The van der Waals surface area contributed by atoms with Crippen molar-refractivity contribution in [3.8, 4) is 0 Å². The fourth-order valence-electron chi connectivity index (χ4n) is 1.07. The number of hydrazone groups is 1. The molecular formula is C11H13N3O3. The average Bonchev–Trinajstić information content (AvgIpc) is 2.28. The Morgan fingerprint density at radius 2 is 2.24 bits per heavy atom. The molecule has 1 aromatic rings. The van der Waals surface area contributed by atoms with Gasteiger partial charge in [-0.05, 0) is 12.0 Å². The topological polar surface area (TPSA) is 84.6 Å². The molecule has 0 unspecified atom stereocenters. The monoisotopic (exact) mass is 235 g/mol. The van der Waals surface area contributed by atoms with Gasteiger partial charge in [-0.1, -0.05) is 19.9 Å². The normalized spacial score (nSPS) is 10.8. The molecule has 0 saturated carbocycles. The fourth-order valence-corrected chi connectivity index (χ4v) is 1.07. The molecule has 6 heteroatoms. The van der Waals surface area contributed by atoms with E-state index in [-0.39, 0.29) is 17.2 Å². The third kappa shape index (κ3) is 4.02. The SMILES string of the molecule is CC(C)C=NNC(=O)c1cccc([N+](=O)[O-])c1. The lowest BCUT2D eigenvalue weighted by atomic mass is 10.2. The Labute approximate surface area is 98.5 Å². The number of carbonyl (C=O) groups is 1. The summed E-state index contributed by atoms with van der Waals surface area (Å²) >= 11 is 0. The van der Waals surface area contributed by atoms with Crippen LogP contribution in [0.4, 0.5) is 5.69 Å². The van der Waals surface area contributed by atoms with E-state index in [0.29, 0.717) is 0 Å². The molecular weight excluding hydrogens is 222 g/mol. The minimum Gasteiger partial charge on any atom is -0.267 e. The van der Waals surface area contributed by atoms with Crippen molar-refractivity contribution >= 4 is 17.8 Å². The zero-order valence-electron chi connectivity index (χ0n) is 9.58. The van der Waals surface area contributed by atoms with Gasteiger partial charge in [0.25, 0.3) is 11.6 Å². The lowest BCUT2D eigenvalue weighted by molar-refractivity contribution is -0.384. The van der Waals surface area contributed by atoms with Gasteiger partial charge in [-0.2, -0.15) is 5.10 Å². The summed E-state index contributed by atoms with van der Waals surface area (Å²) in [4.78, 5) is 21.5. The molecule has 0 aliphatic carbocycles. The molecule has 0 aromatic heterocycles. The van der Waals surface area contributed by atoms with E-state index in [4.69, 9.17) is 0 Å². The first kappa shape index (κ1) is 12.8. The van der Waals surface area contributed by atoms with E-state index in [1.165, 1.54) is 24.3 Å². The van der Waals surface area contributed by atoms with E-state index in [1.807, 2.05) is 13.8 Å². The van der Waals surface area contributed by atoms with Crippen LogP contribution in [0.15, 0.2) is 29.4 Å². The molecule has 0 fully saturated rings. The molecule has 0 aliphatic heterocycles. The summed E-state index contributed by atoms with van der Waals surface area (Å²) in [6, 6.07) is 5.49. The van der Waals surface area contributed by atoms with Crippen molar-refractivity contribution in [2.75, 3.05) is 0 Å². The molecule has 0 spiro atoms. The number of benzene rings is 1. The average molecular weight is 235 g/mol. The maximum atomic E-state index is 11.6. The minimum atomic E-state index is -0.547. The second-order valence-corrected chi connectivity index (χ2v) is 3.77. The number of nitro groups is 1. The highest BCUT2D eigenvalue weighted by Gasteiger charge is 2.10. The Morgan fingerprint density at radius 3 is 2.82 bits per heavy atom. The maximum absolute atomic E-state index is 11.6. The van der Waals surface area contributed by atoms with Crippen LogP contribution in [0.5, 0.6) is 0 Å². The standard InChI is InChI=1S/C11H13N3O3/c1-8(2)7-12-13-11(15)9-4-3-5-10(6-9)14(16)17/h3-8H,1-2H3,(H,13,15). The van der Waals surface area contributed by atoms with Crippen LogP contribution in [-0.2, 0) is 0 Å². The molecule has 90 valence electrons. The van der Waals surface area contributed by atoms with Gasteiger partial charge in [0.05, 0.1) is 4.92 Å². The van der Waals surface area contributed by atoms with Gasteiger partial charge in [0.15, 0.2) is 0 Å². The van der Waals surface area contributed by atoms with Crippen LogP contribution in [0.3, 0.4) is 0 Å². The van der Waals surface area contributed by atoms with Crippen LogP contribution in [0.25, 0.3) is 0 Å². The number of hydrogen-bond acceptors (Lipinski definition) is 4. The number of nitro benzene ring substituents is 1. The summed E-state index contributed by atoms with van der Waals surface area (Å²) in [5.41, 5.74) is 2.39. The Morgan fingerprint density at radius 1 is 1.53 bits per heavy atom. The summed E-state index contributed by atoms with van der Waals surface area (Å²) in [6.45, 7) is 3.84. The summed E-state index contributed by atoms with van der Waals surface area (Å²) in [6.07, 6.45) is 1.58. The van der Waals surface area contributed by atoms with Crippen LogP contribution >= 0.6 is 0 Å². The molecule has 0 bridgehead atoms. The van der Waals surface area contributed by atoms with Crippen molar-refractivity contribution in [1.29, 1.82) is 0 Å². The van der Waals surface area contributed by atoms with Gasteiger partial charge in [-0.3, -0.25) is 14.9 Å². The number of non-ortho nitro benzene ring substituents is 1. The largest absolute Gasteiger partial charge is 0.271 e. The summed E-state index contributed by atoms with van der Waals surface area (Å²) in [5.74, 6) is -0.244. The zero-order chi connectivity index (χ0) is 12.8. The van der Waals surface area contributed by atoms with Crippen molar-refractivity contribution in [3.05, 3.63) is 39.9 Å². The van der Waals surface area contributed by atoms with Gasteiger partial charge in [0.2, 0.25) is 0 Å². The van der Waals surface area contributed by atoms with Crippen molar-refractivity contribution in [2.24, 2.45) is 11.0 Å². The Bertz CT molecular complexity index is 455. The van der Waals surface area contributed by atoms with Crippen LogP contribution in [-0.4, -0.2) is 17.0 Å². The molecule has 1 amide bonds. The minimum absolute atomic E-state index is 0.120. The van der Waals surface area contributed by atoms with E-state index < -0.39 is 10.8 Å². The van der Waals surface area contributed by atoms with Crippen LogP contribution < -0.4 is 5.43 Å². The molecule has 0 radical (unpaired) electrons. The molecule has 0 atom stereocenters. The smallest absolute Gasteiger partial charge is 0.267 e. The van der Waals surface area contributed by atoms with Crippen molar-refractivity contribution in [2.45, 2.75) is 13.8 Å². The number of nitrogens with zero attached hydrogens (tertiary/aromatic N) is 2.